The van der Waals surface area contributed by atoms with E-state index in [1.165, 1.54) is 6.07 Å². The average Bonchev–Trinajstić information content (AvgIpc) is 2.28. The second-order valence-electron chi connectivity index (χ2n) is 4.03. The summed E-state index contributed by atoms with van der Waals surface area (Å²) in [6, 6.07) is 5.12. The summed E-state index contributed by atoms with van der Waals surface area (Å²) in [6.45, 7) is 8.83. The Bertz CT molecular complexity index is 347. The molecule has 1 N–H and O–H groups in total. The van der Waals surface area contributed by atoms with E-state index in [0.717, 1.165) is 30.5 Å². The summed E-state index contributed by atoms with van der Waals surface area (Å²) in [4.78, 5) is 0. The van der Waals surface area contributed by atoms with Crippen molar-refractivity contribution in [2.45, 2.75) is 32.7 Å². The minimum absolute atomic E-state index is 0.173. The van der Waals surface area contributed by atoms with Gasteiger partial charge in [-0.25, -0.2) is 4.39 Å². The van der Waals surface area contributed by atoms with Crippen LogP contribution < -0.4 is 5.32 Å². The molecule has 2 heteroatoms. The Labute approximate surface area is 97.4 Å². The van der Waals surface area contributed by atoms with Crippen molar-refractivity contribution >= 4 is 0 Å². The standard InChI is InChI=1S/C14H20FN/c1-4-6-14(16-9-5-2)13-10-12(15)8-7-11(13)3/h4,7-8,10,14,16H,1,5-6,9H2,2-3H3. The third kappa shape index (κ3) is 3.46. The zero-order valence-corrected chi connectivity index (χ0v) is 10.1. The van der Waals surface area contributed by atoms with Crippen LogP contribution in [0, 0.1) is 12.7 Å². The molecule has 1 aromatic rings. The summed E-state index contributed by atoms with van der Waals surface area (Å²) in [5.74, 6) is -0.173. The first-order valence-electron chi connectivity index (χ1n) is 5.79. The number of nitrogens with one attached hydrogen (secondary N) is 1. The molecule has 0 fully saturated rings. The Kier molecular flexibility index (Phi) is 5.20. The second kappa shape index (κ2) is 6.44. The number of hydrogen-bond donors (Lipinski definition) is 1. The molecule has 0 aliphatic carbocycles. The van der Waals surface area contributed by atoms with Crippen molar-refractivity contribution in [3.05, 3.63) is 47.8 Å². The number of rotatable bonds is 6. The summed E-state index contributed by atoms with van der Waals surface area (Å²) in [7, 11) is 0. The van der Waals surface area contributed by atoms with Crippen LogP contribution in [0.25, 0.3) is 0 Å². The van der Waals surface area contributed by atoms with Gasteiger partial charge in [-0.2, -0.15) is 0 Å². The highest BCUT2D eigenvalue weighted by Crippen LogP contribution is 2.22. The molecule has 1 rings (SSSR count). The highest BCUT2D eigenvalue weighted by molar-refractivity contribution is 5.30. The van der Waals surface area contributed by atoms with E-state index in [2.05, 4.69) is 18.8 Å². The van der Waals surface area contributed by atoms with Crippen molar-refractivity contribution in [2.75, 3.05) is 6.54 Å². The number of benzene rings is 1. The Hall–Kier alpha value is -1.15. The molecule has 0 aliphatic rings. The Balaban J connectivity index is 2.90. The Morgan fingerprint density at radius 2 is 2.25 bits per heavy atom. The molecule has 0 saturated carbocycles. The monoisotopic (exact) mass is 221 g/mol. The zero-order valence-electron chi connectivity index (χ0n) is 10.1. The van der Waals surface area contributed by atoms with Crippen LogP contribution in [0.1, 0.15) is 36.9 Å². The van der Waals surface area contributed by atoms with Gasteiger partial charge in [-0.3, -0.25) is 0 Å². The number of aryl methyl sites for hydroxylation is 1. The fraction of sp³-hybridized carbons (Fsp3) is 0.429. The molecule has 0 heterocycles. The van der Waals surface area contributed by atoms with Crippen LogP contribution in [0.5, 0.6) is 0 Å². The largest absolute Gasteiger partial charge is 0.310 e. The Morgan fingerprint density at radius 1 is 1.50 bits per heavy atom. The topological polar surface area (TPSA) is 12.0 Å². The molecule has 88 valence electrons. The van der Waals surface area contributed by atoms with E-state index < -0.39 is 0 Å². The van der Waals surface area contributed by atoms with E-state index in [1.54, 1.807) is 6.07 Å². The van der Waals surface area contributed by atoms with Crippen LogP contribution in [-0.4, -0.2) is 6.54 Å². The predicted molar refractivity (Wildman–Crippen MR) is 67.0 cm³/mol. The van der Waals surface area contributed by atoms with Crippen molar-refractivity contribution in [2.24, 2.45) is 0 Å². The average molecular weight is 221 g/mol. The van der Waals surface area contributed by atoms with Gasteiger partial charge in [0.05, 0.1) is 0 Å². The normalized spacial score (nSPS) is 12.4. The number of hydrogen-bond acceptors (Lipinski definition) is 1. The molecule has 1 unspecified atom stereocenters. The summed E-state index contributed by atoms with van der Waals surface area (Å²) < 4.78 is 13.2. The first kappa shape index (κ1) is 12.9. The van der Waals surface area contributed by atoms with E-state index >= 15 is 0 Å². The Morgan fingerprint density at radius 3 is 2.88 bits per heavy atom. The maximum absolute atomic E-state index is 13.2. The van der Waals surface area contributed by atoms with Gasteiger partial charge in [0, 0.05) is 6.04 Å². The molecule has 0 radical (unpaired) electrons. The molecule has 1 atom stereocenters. The van der Waals surface area contributed by atoms with Crippen LogP contribution in [0.3, 0.4) is 0 Å². The molecule has 0 bridgehead atoms. The van der Waals surface area contributed by atoms with E-state index in [-0.39, 0.29) is 11.9 Å². The van der Waals surface area contributed by atoms with Crippen LogP contribution in [0.2, 0.25) is 0 Å². The molecule has 0 aliphatic heterocycles. The third-order valence-corrected chi connectivity index (χ3v) is 2.66. The van der Waals surface area contributed by atoms with Gasteiger partial charge in [0.2, 0.25) is 0 Å². The van der Waals surface area contributed by atoms with Crippen molar-refractivity contribution in [3.63, 3.8) is 0 Å². The number of halogens is 1. The molecule has 0 spiro atoms. The second-order valence-corrected chi connectivity index (χ2v) is 4.03. The lowest BCUT2D eigenvalue weighted by Gasteiger charge is -2.19. The first-order valence-corrected chi connectivity index (χ1v) is 5.79. The van der Waals surface area contributed by atoms with Crippen LogP contribution in [0.4, 0.5) is 4.39 Å². The lowest BCUT2D eigenvalue weighted by molar-refractivity contribution is 0.529. The van der Waals surface area contributed by atoms with Gasteiger partial charge >= 0.3 is 0 Å². The molecule has 0 amide bonds. The first-order chi connectivity index (χ1) is 7.69. The van der Waals surface area contributed by atoms with Gasteiger partial charge in [0.15, 0.2) is 0 Å². The van der Waals surface area contributed by atoms with Crippen molar-refractivity contribution < 1.29 is 4.39 Å². The summed E-state index contributed by atoms with van der Waals surface area (Å²) in [6.07, 6.45) is 3.77. The highest BCUT2D eigenvalue weighted by atomic mass is 19.1. The van der Waals surface area contributed by atoms with E-state index in [4.69, 9.17) is 0 Å². The highest BCUT2D eigenvalue weighted by Gasteiger charge is 2.12. The van der Waals surface area contributed by atoms with Gasteiger partial charge in [0.25, 0.3) is 0 Å². The molecular formula is C14H20FN. The molecule has 0 saturated heterocycles. The summed E-state index contributed by atoms with van der Waals surface area (Å²) in [5, 5.41) is 3.42. The molecule has 0 aromatic heterocycles. The molecular weight excluding hydrogens is 201 g/mol. The summed E-state index contributed by atoms with van der Waals surface area (Å²) in [5.41, 5.74) is 2.16. The van der Waals surface area contributed by atoms with Gasteiger partial charge in [-0.15, -0.1) is 6.58 Å². The molecule has 1 nitrogen and oxygen atoms in total. The fourth-order valence-corrected chi connectivity index (χ4v) is 1.79. The van der Waals surface area contributed by atoms with Gasteiger partial charge in [0.1, 0.15) is 5.82 Å². The van der Waals surface area contributed by atoms with Gasteiger partial charge in [-0.1, -0.05) is 19.1 Å². The van der Waals surface area contributed by atoms with Crippen molar-refractivity contribution in [1.29, 1.82) is 0 Å². The van der Waals surface area contributed by atoms with E-state index in [9.17, 15) is 4.39 Å². The minimum atomic E-state index is -0.173. The summed E-state index contributed by atoms with van der Waals surface area (Å²) >= 11 is 0. The smallest absolute Gasteiger partial charge is 0.123 e. The maximum Gasteiger partial charge on any atom is 0.123 e. The van der Waals surface area contributed by atoms with Crippen molar-refractivity contribution in [3.8, 4) is 0 Å². The lowest BCUT2D eigenvalue weighted by Crippen LogP contribution is -2.22. The van der Waals surface area contributed by atoms with Gasteiger partial charge in [-0.05, 0) is 49.6 Å². The SMILES string of the molecule is C=CCC(NCCC)c1cc(F)ccc1C. The van der Waals surface area contributed by atoms with Crippen molar-refractivity contribution in [1.82, 2.24) is 5.32 Å². The zero-order chi connectivity index (χ0) is 12.0. The van der Waals surface area contributed by atoms with E-state index in [1.807, 2.05) is 19.1 Å². The lowest BCUT2D eigenvalue weighted by atomic mass is 9.98. The van der Waals surface area contributed by atoms with Crippen LogP contribution >= 0.6 is 0 Å². The van der Waals surface area contributed by atoms with Crippen LogP contribution in [-0.2, 0) is 0 Å². The predicted octanol–water partition coefficient (Wildman–Crippen LogP) is 3.75. The quantitative estimate of drug-likeness (QED) is 0.721. The van der Waals surface area contributed by atoms with Crippen LogP contribution in [0.15, 0.2) is 30.9 Å². The third-order valence-electron chi connectivity index (χ3n) is 2.66. The van der Waals surface area contributed by atoms with Gasteiger partial charge < -0.3 is 5.32 Å². The van der Waals surface area contributed by atoms with E-state index in [0.29, 0.717) is 0 Å². The molecule has 1 aromatic carbocycles. The molecule has 16 heavy (non-hydrogen) atoms. The fourth-order valence-electron chi connectivity index (χ4n) is 1.79. The maximum atomic E-state index is 13.2. The minimum Gasteiger partial charge on any atom is -0.310 e.